The highest BCUT2D eigenvalue weighted by molar-refractivity contribution is 5.56. The van der Waals surface area contributed by atoms with Crippen LogP contribution >= 0.6 is 0 Å². The summed E-state index contributed by atoms with van der Waals surface area (Å²) < 4.78 is 5.51. The molecule has 3 nitrogen and oxygen atoms in total. The summed E-state index contributed by atoms with van der Waals surface area (Å²) >= 11 is 0. The normalized spacial score (nSPS) is 19.9. The van der Waals surface area contributed by atoms with Crippen molar-refractivity contribution in [2.45, 2.75) is 12.8 Å². The first-order valence-corrected chi connectivity index (χ1v) is 5.72. The van der Waals surface area contributed by atoms with Crippen molar-refractivity contribution in [3.63, 3.8) is 0 Å². The Bertz CT molecular complexity index is 376. The fourth-order valence-electron chi connectivity index (χ4n) is 2.00. The van der Waals surface area contributed by atoms with Crippen molar-refractivity contribution >= 4 is 6.34 Å². The summed E-state index contributed by atoms with van der Waals surface area (Å²) in [6, 6.07) is 8.34. The average molecular weight is 218 g/mol. The lowest BCUT2D eigenvalue weighted by atomic mass is 9.98. The van der Waals surface area contributed by atoms with E-state index in [2.05, 4.69) is 35.1 Å². The van der Waals surface area contributed by atoms with Crippen LogP contribution in [0.4, 0.5) is 0 Å². The van der Waals surface area contributed by atoms with E-state index in [0.29, 0.717) is 12.5 Å². The lowest BCUT2D eigenvalue weighted by Gasteiger charge is -2.25. The summed E-state index contributed by atoms with van der Waals surface area (Å²) in [6.07, 6.45) is 1.91. The molecular weight excluding hydrogens is 200 g/mol. The zero-order valence-corrected chi connectivity index (χ0v) is 9.89. The van der Waals surface area contributed by atoms with Gasteiger partial charge in [-0.15, -0.1) is 0 Å². The lowest BCUT2D eigenvalue weighted by Crippen LogP contribution is -2.29. The average Bonchev–Trinajstić information content (AvgIpc) is 2.30. The number of hydrogen-bond donors (Lipinski definition) is 0. The minimum atomic E-state index is 0.482. The molecule has 0 fully saturated rings. The van der Waals surface area contributed by atoms with E-state index in [-0.39, 0.29) is 0 Å². The van der Waals surface area contributed by atoms with Crippen molar-refractivity contribution in [3.05, 3.63) is 29.8 Å². The maximum absolute atomic E-state index is 5.51. The molecule has 1 unspecified atom stereocenters. The molecule has 0 amide bonds. The molecule has 86 valence electrons. The second kappa shape index (κ2) is 5.01. The van der Waals surface area contributed by atoms with E-state index >= 15 is 0 Å². The molecule has 0 saturated carbocycles. The summed E-state index contributed by atoms with van der Waals surface area (Å²) in [5.41, 5.74) is 1.31. The number of hydrogen-bond acceptors (Lipinski definition) is 3. The Hall–Kier alpha value is -1.51. The second-order valence-electron chi connectivity index (χ2n) is 4.12. The fourth-order valence-corrected chi connectivity index (χ4v) is 2.00. The van der Waals surface area contributed by atoms with E-state index in [1.54, 1.807) is 0 Å². The van der Waals surface area contributed by atoms with E-state index < -0.39 is 0 Å². The van der Waals surface area contributed by atoms with Crippen molar-refractivity contribution < 1.29 is 4.74 Å². The Morgan fingerprint density at radius 3 is 3.12 bits per heavy atom. The highest BCUT2D eigenvalue weighted by atomic mass is 16.5. The van der Waals surface area contributed by atoms with Gasteiger partial charge in [0.15, 0.2) is 0 Å². The smallest absolute Gasteiger partial charge is 0.119 e. The van der Waals surface area contributed by atoms with Crippen LogP contribution in [0, 0.1) is 0 Å². The maximum atomic E-state index is 5.51. The van der Waals surface area contributed by atoms with Crippen molar-refractivity contribution in [2.75, 3.05) is 26.7 Å². The highest BCUT2D eigenvalue weighted by Gasteiger charge is 2.16. The van der Waals surface area contributed by atoms with Crippen LogP contribution in [0.3, 0.4) is 0 Å². The van der Waals surface area contributed by atoms with Gasteiger partial charge in [0.05, 0.1) is 12.9 Å². The Balaban J connectivity index is 2.13. The monoisotopic (exact) mass is 218 g/mol. The summed E-state index contributed by atoms with van der Waals surface area (Å²) in [7, 11) is 2.06. The van der Waals surface area contributed by atoms with Crippen LogP contribution in [0.15, 0.2) is 29.3 Å². The Labute approximate surface area is 96.7 Å². The largest absolute Gasteiger partial charge is 0.494 e. The molecule has 0 N–H and O–H groups in total. The molecule has 0 saturated heterocycles. The molecule has 1 aliphatic heterocycles. The molecule has 3 heteroatoms. The molecule has 2 rings (SSSR count). The van der Waals surface area contributed by atoms with E-state index in [1.807, 2.05) is 19.3 Å². The summed E-state index contributed by atoms with van der Waals surface area (Å²) in [5, 5.41) is 0. The molecule has 0 aromatic heterocycles. The number of likely N-dealkylation sites (N-methyl/N-ethyl adjacent to an activating group) is 1. The van der Waals surface area contributed by atoms with Crippen LogP contribution in [0.1, 0.15) is 18.4 Å². The van der Waals surface area contributed by atoms with Crippen LogP contribution in [0.2, 0.25) is 0 Å². The molecule has 1 atom stereocenters. The standard InChI is InChI=1S/C13H18N2O/c1-3-16-13-6-4-5-11(7-13)12-8-14-10-15(2)9-12/h4-7,10,12H,3,8-9H2,1-2H3. The summed E-state index contributed by atoms with van der Waals surface area (Å²) in [4.78, 5) is 6.48. The second-order valence-corrected chi connectivity index (χ2v) is 4.12. The van der Waals surface area contributed by atoms with Gasteiger partial charge in [-0.1, -0.05) is 12.1 Å². The molecule has 1 aliphatic rings. The molecule has 1 aromatic rings. The number of ether oxygens (including phenoxy) is 1. The van der Waals surface area contributed by atoms with Gasteiger partial charge in [0.25, 0.3) is 0 Å². The van der Waals surface area contributed by atoms with Crippen LogP contribution in [0.5, 0.6) is 5.75 Å². The molecule has 0 radical (unpaired) electrons. The van der Waals surface area contributed by atoms with Gasteiger partial charge in [0.2, 0.25) is 0 Å². The molecule has 0 aliphatic carbocycles. The highest BCUT2D eigenvalue weighted by Crippen LogP contribution is 2.23. The summed E-state index contributed by atoms with van der Waals surface area (Å²) in [5.74, 6) is 1.44. The minimum absolute atomic E-state index is 0.482. The molecule has 0 bridgehead atoms. The van der Waals surface area contributed by atoms with Gasteiger partial charge in [-0.2, -0.15) is 0 Å². The van der Waals surface area contributed by atoms with Crippen LogP contribution < -0.4 is 4.74 Å². The van der Waals surface area contributed by atoms with Crippen molar-refractivity contribution in [2.24, 2.45) is 4.99 Å². The number of rotatable bonds is 3. The van der Waals surface area contributed by atoms with Gasteiger partial charge >= 0.3 is 0 Å². The van der Waals surface area contributed by atoms with Crippen LogP contribution in [-0.2, 0) is 0 Å². The quantitative estimate of drug-likeness (QED) is 0.776. The Morgan fingerprint density at radius 1 is 1.50 bits per heavy atom. The third kappa shape index (κ3) is 2.54. The van der Waals surface area contributed by atoms with Crippen molar-refractivity contribution in [1.29, 1.82) is 0 Å². The van der Waals surface area contributed by atoms with Crippen molar-refractivity contribution in [1.82, 2.24) is 4.90 Å². The first kappa shape index (κ1) is 11.0. The predicted octanol–water partition coefficient (Wildman–Crippen LogP) is 2.14. The van der Waals surface area contributed by atoms with Gasteiger partial charge in [-0.3, -0.25) is 4.99 Å². The summed E-state index contributed by atoms with van der Waals surface area (Å²) in [6.45, 7) is 4.62. The first-order chi connectivity index (χ1) is 7.79. The fraction of sp³-hybridized carbons (Fsp3) is 0.462. The first-order valence-electron chi connectivity index (χ1n) is 5.72. The topological polar surface area (TPSA) is 24.8 Å². The SMILES string of the molecule is CCOc1cccc(C2CN=CN(C)C2)c1. The number of benzene rings is 1. The number of nitrogens with zero attached hydrogens (tertiary/aromatic N) is 2. The van der Waals surface area contributed by atoms with Crippen LogP contribution in [0.25, 0.3) is 0 Å². The van der Waals surface area contributed by atoms with Crippen LogP contribution in [-0.4, -0.2) is 38.0 Å². The molecule has 0 spiro atoms. The van der Waals surface area contributed by atoms with Gasteiger partial charge in [0, 0.05) is 26.1 Å². The molecular formula is C13H18N2O. The minimum Gasteiger partial charge on any atom is -0.494 e. The maximum Gasteiger partial charge on any atom is 0.119 e. The molecule has 1 aromatic carbocycles. The molecule has 16 heavy (non-hydrogen) atoms. The third-order valence-corrected chi connectivity index (χ3v) is 2.75. The van der Waals surface area contributed by atoms with Gasteiger partial charge in [-0.05, 0) is 24.6 Å². The van der Waals surface area contributed by atoms with Crippen molar-refractivity contribution in [3.8, 4) is 5.75 Å². The molecule has 1 heterocycles. The van der Waals surface area contributed by atoms with Gasteiger partial charge in [-0.25, -0.2) is 0 Å². The van der Waals surface area contributed by atoms with Gasteiger partial charge in [0.1, 0.15) is 5.75 Å². The Kier molecular flexibility index (Phi) is 3.44. The zero-order chi connectivity index (χ0) is 11.4. The Morgan fingerprint density at radius 2 is 2.38 bits per heavy atom. The van der Waals surface area contributed by atoms with Gasteiger partial charge < -0.3 is 9.64 Å². The van der Waals surface area contributed by atoms with E-state index in [1.165, 1.54) is 5.56 Å². The predicted molar refractivity (Wildman–Crippen MR) is 66.3 cm³/mol. The zero-order valence-electron chi connectivity index (χ0n) is 9.89. The van der Waals surface area contributed by atoms with E-state index in [0.717, 1.165) is 18.8 Å². The lowest BCUT2D eigenvalue weighted by molar-refractivity contribution is 0.339. The van der Waals surface area contributed by atoms with E-state index in [9.17, 15) is 0 Å². The van der Waals surface area contributed by atoms with E-state index in [4.69, 9.17) is 4.74 Å². The third-order valence-electron chi connectivity index (χ3n) is 2.75. The number of aliphatic imine (C=N–C) groups is 1.